The predicted octanol–water partition coefficient (Wildman–Crippen LogP) is 3.81. The van der Waals surface area contributed by atoms with Crippen LogP contribution in [0.25, 0.3) is 0 Å². The van der Waals surface area contributed by atoms with Gasteiger partial charge in [-0.2, -0.15) is 8.78 Å². The first kappa shape index (κ1) is 18.8. The topological polar surface area (TPSA) is 55.8 Å². The van der Waals surface area contributed by atoms with Gasteiger partial charge in [0.1, 0.15) is 11.3 Å². The van der Waals surface area contributed by atoms with Crippen LogP contribution in [-0.4, -0.2) is 31.1 Å². The van der Waals surface area contributed by atoms with Crippen molar-refractivity contribution in [2.24, 2.45) is 0 Å². The molecular weight excluding hydrogens is 356 g/mol. The highest BCUT2D eigenvalue weighted by Gasteiger charge is 2.29. The van der Waals surface area contributed by atoms with E-state index in [1.165, 1.54) is 31.2 Å². The fourth-order valence-electron chi connectivity index (χ4n) is 3.09. The zero-order chi connectivity index (χ0) is 19.4. The molecular formula is C20H19F2NO4. The number of anilines is 1. The number of amides is 1. The van der Waals surface area contributed by atoms with Gasteiger partial charge >= 0.3 is 12.6 Å². The number of ether oxygens (including phenoxy) is 2. The minimum Gasteiger partial charge on any atom is -0.449 e. The molecule has 1 aliphatic rings. The molecule has 0 spiro atoms. The van der Waals surface area contributed by atoms with Crippen molar-refractivity contribution in [1.82, 2.24) is 0 Å². The van der Waals surface area contributed by atoms with Crippen molar-refractivity contribution in [2.75, 3.05) is 11.4 Å². The van der Waals surface area contributed by atoms with Crippen molar-refractivity contribution in [1.29, 1.82) is 0 Å². The zero-order valence-electron chi connectivity index (χ0n) is 14.7. The fourth-order valence-corrected chi connectivity index (χ4v) is 3.09. The van der Waals surface area contributed by atoms with Gasteiger partial charge in [0.25, 0.3) is 5.91 Å². The summed E-state index contributed by atoms with van der Waals surface area (Å²) in [4.78, 5) is 26.8. The van der Waals surface area contributed by atoms with Gasteiger partial charge in [0.05, 0.1) is 0 Å². The van der Waals surface area contributed by atoms with Crippen LogP contribution in [0.4, 0.5) is 14.5 Å². The fraction of sp³-hybridized carbons (Fsp3) is 0.300. The molecule has 0 unspecified atom stereocenters. The van der Waals surface area contributed by atoms with Crippen LogP contribution >= 0.6 is 0 Å². The van der Waals surface area contributed by atoms with Gasteiger partial charge in [-0.25, -0.2) is 4.79 Å². The molecule has 1 amide bonds. The van der Waals surface area contributed by atoms with Gasteiger partial charge in [0.15, 0.2) is 6.10 Å². The zero-order valence-corrected chi connectivity index (χ0v) is 14.7. The summed E-state index contributed by atoms with van der Waals surface area (Å²) in [6, 6.07) is 13.1. The van der Waals surface area contributed by atoms with Gasteiger partial charge in [-0.15, -0.1) is 0 Å². The summed E-state index contributed by atoms with van der Waals surface area (Å²) in [5, 5.41) is 0. The molecule has 0 fully saturated rings. The monoisotopic (exact) mass is 375 g/mol. The van der Waals surface area contributed by atoms with Crippen molar-refractivity contribution in [3.05, 3.63) is 59.7 Å². The van der Waals surface area contributed by atoms with Gasteiger partial charge in [-0.3, -0.25) is 4.79 Å². The van der Waals surface area contributed by atoms with E-state index in [9.17, 15) is 18.4 Å². The molecule has 2 aromatic carbocycles. The number of hydrogen-bond acceptors (Lipinski definition) is 4. The highest BCUT2D eigenvalue weighted by molar-refractivity contribution is 6.00. The molecule has 27 heavy (non-hydrogen) atoms. The number of esters is 1. The van der Waals surface area contributed by atoms with E-state index in [-0.39, 0.29) is 17.2 Å². The van der Waals surface area contributed by atoms with E-state index in [2.05, 4.69) is 4.74 Å². The molecule has 0 radical (unpaired) electrons. The predicted molar refractivity (Wildman–Crippen MR) is 95.1 cm³/mol. The number of alkyl halides is 2. The Morgan fingerprint density at radius 3 is 2.56 bits per heavy atom. The normalized spacial score (nSPS) is 14.4. The Labute approximate surface area is 155 Å². The number of benzene rings is 2. The highest BCUT2D eigenvalue weighted by Crippen LogP contribution is 2.28. The van der Waals surface area contributed by atoms with E-state index in [1.807, 2.05) is 24.3 Å². The lowest BCUT2D eigenvalue weighted by atomic mass is 10.0. The number of aryl methyl sites for hydroxylation is 1. The lowest BCUT2D eigenvalue weighted by Gasteiger charge is -2.31. The molecule has 3 rings (SSSR count). The summed E-state index contributed by atoms with van der Waals surface area (Å²) in [5.74, 6) is -1.54. The number of carbonyl (C=O) groups excluding carboxylic acids is 2. The van der Waals surface area contributed by atoms with Crippen LogP contribution in [-0.2, 0) is 16.0 Å². The first-order valence-corrected chi connectivity index (χ1v) is 8.61. The third-order valence-corrected chi connectivity index (χ3v) is 4.33. The third kappa shape index (κ3) is 4.24. The number of carbonyl (C=O) groups is 2. The summed E-state index contributed by atoms with van der Waals surface area (Å²) in [6.07, 6.45) is 0.629. The van der Waals surface area contributed by atoms with Crippen molar-refractivity contribution in [2.45, 2.75) is 32.5 Å². The average molecular weight is 375 g/mol. The SMILES string of the molecule is C[C@@H](OC(=O)c1ccccc1OC(F)F)C(=O)N1CCCc2ccccc21. The van der Waals surface area contributed by atoms with E-state index in [0.29, 0.717) is 6.54 Å². The van der Waals surface area contributed by atoms with Gasteiger partial charge in [0, 0.05) is 12.2 Å². The summed E-state index contributed by atoms with van der Waals surface area (Å²) in [7, 11) is 0. The maximum Gasteiger partial charge on any atom is 0.387 e. The Bertz CT molecular complexity index is 840. The summed E-state index contributed by atoms with van der Waals surface area (Å²) >= 11 is 0. The molecule has 0 bridgehead atoms. The second kappa shape index (κ2) is 8.16. The van der Waals surface area contributed by atoms with Crippen LogP contribution in [0.2, 0.25) is 0 Å². The average Bonchev–Trinajstić information content (AvgIpc) is 2.66. The lowest BCUT2D eigenvalue weighted by molar-refractivity contribution is -0.126. The quantitative estimate of drug-likeness (QED) is 0.746. The Balaban J connectivity index is 1.74. The number of halogens is 2. The van der Waals surface area contributed by atoms with Gasteiger partial charge in [-0.1, -0.05) is 30.3 Å². The molecule has 1 atom stereocenters. The lowest BCUT2D eigenvalue weighted by Crippen LogP contribution is -2.42. The van der Waals surface area contributed by atoms with E-state index < -0.39 is 18.7 Å². The number of para-hydroxylation sites is 2. The van der Waals surface area contributed by atoms with Crippen molar-refractivity contribution < 1.29 is 27.8 Å². The number of nitrogens with zero attached hydrogens (tertiary/aromatic N) is 1. The van der Waals surface area contributed by atoms with Gasteiger partial charge in [-0.05, 0) is 43.5 Å². The molecule has 5 nitrogen and oxygen atoms in total. The maximum absolute atomic E-state index is 12.8. The molecule has 0 aromatic heterocycles. The van der Waals surface area contributed by atoms with Gasteiger partial charge < -0.3 is 14.4 Å². The Kier molecular flexibility index (Phi) is 5.69. The Morgan fingerprint density at radius 2 is 1.78 bits per heavy atom. The van der Waals surface area contributed by atoms with Crippen LogP contribution in [0.3, 0.4) is 0 Å². The van der Waals surface area contributed by atoms with Crippen LogP contribution in [0.15, 0.2) is 48.5 Å². The second-order valence-electron chi connectivity index (χ2n) is 6.14. The van der Waals surface area contributed by atoms with Crippen molar-refractivity contribution in [3.63, 3.8) is 0 Å². The maximum atomic E-state index is 12.8. The molecule has 142 valence electrons. The summed E-state index contributed by atoms with van der Waals surface area (Å²) < 4.78 is 34.6. The summed E-state index contributed by atoms with van der Waals surface area (Å²) in [5.41, 5.74) is 1.71. The molecule has 1 aliphatic heterocycles. The molecule has 1 heterocycles. The smallest absolute Gasteiger partial charge is 0.387 e. The van der Waals surface area contributed by atoms with Crippen LogP contribution in [0.5, 0.6) is 5.75 Å². The number of rotatable bonds is 5. The molecule has 0 N–H and O–H groups in total. The van der Waals surface area contributed by atoms with Crippen molar-refractivity contribution >= 4 is 17.6 Å². The first-order chi connectivity index (χ1) is 13.0. The standard InChI is InChI=1S/C20H19F2NO4/c1-13(18(24)23-12-6-8-14-7-2-4-10-16(14)23)26-19(25)15-9-3-5-11-17(15)27-20(21)22/h2-5,7,9-11,13,20H,6,8,12H2,1H3/t13-/m1/s1. The van der Waals surface area contributed by atoms with Crippen LogP contribution in [0, 0.1) is 0 Å². The number of hydrogen-bond donors (Lipinski definition) is 0. The third-order valence-electron chi connectivity index (χ3n) is 4.33. The Morgan fingerprint density at radius 1 is 1.07 bits per heavy atom. The highest BCUT2D eigenvalue weighted by atomic mass is 19.3. The van der Waals surface area contributed by atoms with Crippen molar-refractivity contribution in [3.8, 4) is 5.75 Å². The molecule has 0 saturated heterocycles. The van der Waals surface area contributed by atoms with Crippen LogP contribution < -0.4 is 9.64 Å². The second-order valence-corrected chi connectivity index (χ2v) is 6.14. The van der Waals surface area contributed by atoms with E-state index in [4.69, 9.17) is 4.74 Å². The van der Waals surface area contributed by atoms with E-state index in [1.54, 1.807) is 4.90 Å². The van der Waals surface area contributed by atoms with E-state index in [0.717, 1.165) is 24.1 Å². The minimum absolute atomic E-state index is 0.156. The number of fused-ring (bicyclic) bond motifs is 1. The molecule has 7 heteroatoms. The minimum atomic E-state index is -3.07. The molecule has 0 saturated carbocycles. The molecule has 0 aliphatic carbocycles. The van der Waals surface area contributed by atoms with Gasteiger partial charge in [0.2, 0.25) is 0 Å². The first-order valence-electron chi connectivity index (χ1n) is 8.61. The molecule has 2 aromatic rings. The summed E-state index contributed by atoms with van der Waals surface area (Å²) in [6.45, 7) is -1.07. The van der Waals surface area contributed by atoms with E-state index >= 15 is 0 Å². The Hall–Kier alpha value is -2.96. The van der Waals surface area contributed by atoms with Crippen LogP contribution in [0.1, 0.15) is 29.3 Å². The largest absolute Gasteiger partial charge is 0.449 e.